The van der Waals surface area contributed by atoms with Crippen molar-refractivity contribution in [3.8, 4) is 0 Å². The van der Waals surface area contributed by atoms with E-state index in [1.165, 1.54) is 49.1 Å². The van der Waals surface area contributed by atoms with Crippen molar-refractivity contribution < 1.29 is 64.0 Å². The van der Waals surface area contributed by atoms with Gasteiger partial charge >= 0.3 is 28.8 Å². The van der Waals surface area contributed by atoms with Gasteiger partial charge < -0.3 is 21.2 Å². The number of pyridine rings is 2. The quantitative estimate of drug-likeness (QED) is 0.176. The third-order valence-electron chi connectivity index (χ3n) is 2.56. The van der Waals surface area contributed by atoms with Gasteiger partial charge in [0, 0.05) is 36.6 Å². The molecule has 4 N–H and O–H groups in total. The van der Waals surface area contributed by atoms with E-state index in [-0.39, 0.29) is 51.0 Å². The van der Waals surface area contributed by atoms with Crippen molar-refractivity contribution in [1.82, 2.24) is 9.97 Å². The zero-order valence-electron chi connectivity index (χ0n) is 15.9. The van der Waals surface area contributed by atoms with Gasteiger partial charge in [0.1, 0.15) is 12.4 Å². The zero-order chi connectivity index (χ0) is 22.6. The first-order valence-corrected chi connectivity index (χ1v) is 7.50. The maximum absolute atomic E-state index is 11.6. The summed E-state index contributed by atoms with van der Waals surface area (Å²) in [6.07, 6.45) is -4.53. The van der Waals surface area contributed by atoms with Crippen LogP contribution in [-0.4, -0.2) is 57.5 Å². The van der Waals surface area contributed by atoms with Crippen molar-refractivity contribution in [2.24, 2.45) is 20.4 Å². The molecule has 17 heteroatoms. The molecule has 0 atom stereocenters. The van der Waals surface area contributed by atoms with E-state index in [1.54, 1.807) is 0 Å². The van der Waals surface area contributed by atoms with Gasteiger partial charge in [-0.05, 0) is 35.4 Å². The van der Waals surface area contributed by atoms with Crippen molar-refractivity contribution in [3.05, 3.63) is 60.2 Å². The van der Waals surface area contributed by atoms with E-state index in [4.69, 9.17) is 0 Å². The Kier molecular flexibility index (Phi) is 16.8. The largest absolute Gasteiger partial charge is 2.00 e. The minimum absolute atomic E-state index is 0. The summed E-state index contributed by atoms with van der Waals surface area (Å²) in [5, 5.41) is 33.1. The Balaban J connectivity index is -0.000000500. The normalized spacial score (nSPS) is 12.2. The van der Waals surface area contributed by atoms with Gasteiger partial charge in [0.2, 0.25) is 0 Å². The molecule has 0 spiro atoms. The summed E-state index contributed by atoms with van der Waals surface area (Å²) in [6, 6.07) is 5.31. The molecule has 0 aliphatic carbocycles. The second kappa shape index (κ2) is 16.2. The van der Waals surface area contributed by atoms with Gasteiger partial charge in [0.05, 0.1) is 0 Å². The minimum Gasteiger partial charge on any atom is -0.857 e. The number of hydrogen-bond donors (Lipinski definition) is 0. The molecule has 0 bridgehead atoms. The van der Waals surface area contributed by atoms with Crippen LogP contribution >= 0.6 is 0 Å². The van der Waals surface area contributed by atoms with Gasteiger partial charge in [-0.15, -0.1) is 0 Å². The fourth-order valence-corrected chi connectivity index (χ4v) is 1.40. The molecule has 184 valence electrons. The molecule has 10 nitrogen and oxygen atoms in total. The molecule has 0 radical (unpaired) electrons. The van der Waals surface area contributed by atoms with E-state index in [1.807, 2.05) is 0 Å². The van der Waals surface area contributed by atoms with Gasteiger partial charge in [-0.3, -0.25) is 9.97 Å². The number of nitrogens with zero attached hydrogens (tertiary/aromatic N) is 6. The van der Waals surface area contributed by atoms with Crippen molar-refractivity contribution in [3.63, 3.8) is 0 Å². The molecule has 2 rings (SSSR count). The molecule has 0 fully saturated rings. The van der Waals surface area contributed by atoms with Crippen LogP contribution in [0.1, 0.15) is 11.1 Å². The molecular weight excluding hydrogens is 513 g/mol. The van der Waals surface area contributed by atoms with Crippen molar-refractivity contribution in [2.45, 2.75) is 12.4 Å². The minimum atomic E-state index is -4.57. The maximum atomic E-state index is 11.6. The summed E-state index contributed by atoms with van der Waals surface area (Å²) < 4.78 is 69.5. The number of alkyl halides is 6. The number of rotatable bonds is 4. The second-order valence-corrected chi connectivity index (χ2v) is 4.85. The first kappa shape index (κ1) is 34.2. The van der Waals surface area contributed by atoms with Crippen LogP contribution in [0.15, 0.2) is 69.5 Å². The zero-order valence-corrected chi connectivity index (χ0v) is 16.8. The topological polar surface area (TPSA) is 184 Å². The molecule has 0 saturated carbocycles. The fraction of sp³-hybridized carbons (Fsp3) is 0.125. The van der Waals surface area contributed by atoms with E-state index in [0.717, 1.165) is 0 Å². The number of aromatic nitrogens is 2. The van der Waals surface area contributed by atoms with Crippen LogP contribution in [0.25, 0.3) is 0 Å². The average molecular weight is 527 g/mol. The Morgan fingerprint density at radius 1 is 0.667 bits per heavy atom. The molecule has 0 unspecified atom stereocenters. The van der Waals surface area contributed by atoms with E-state index in [0.29, 0.717) is 0 Å². The summed E-state index contributed by atoms with van der Waals surface area (Å²) in [4.78, 5) is 7.27. The molecule has 2 aromatic heterocycles. The number of hydrogen-bond acceptors (Lipinski definition) is 8. The molecule has 2 aromatic rings. The molecule has 0 aliphatic rings. The second-order valence-electron chi connectivity index (χ2n) is 4.85. The standard InChI is InChI=1S/2C8H6F3N3O.Ni.2H2O/c2*9-8(10,11)5-13-14-7(15)6-1-3-12-4-2-6;;;/h2*1-5H,(H,14,15);;2*1H2/q;;+2;;/p-2/b2*13-5+;;;. The van der Waals surface area contributed by atoms with Crippen LogP contribution < -0.4 is 10.2 Å². The van der Waals surface area contributed by atoms with Crippen molar-refractivity contribution in [1.29, 1.82) is 0 Å². The number of halogens is 6. The van der Waals surface area contributed by atoms with Gasteiger partial charge in [0.15, 0.2) is 0 Å². The van der Waals surface area contributed by atoms with E-state index in [2.05, 4.69) is 30.4 Å². The first-order chi connectivity index (χ1) is 14.0. The molecule has 0 amide bonds. The van der Waals surface area contributed by atoms with Crippen LogP contribution in [0.3, 0.4) is 0 Å². The third-order valence-corrected chi connectivity index (χ3v) is 2.56. The summed E-state index contributed by atoms with van der Waals surface area (Å²) >= 11 is 0. The van der Waals surface area contributed by atoms with Crippen LogP contribution in [0, 0.1) is 0 Å². The van der Waals surface area contributed by atoms with Gasteiger partial charge in [-0.1, -0.05) is 0 Å². The monoisotopic (exact) mass is 526 g/mol. The van der Waals surface area contributed by atoms with Crippen LogP contribution in [0.5, 0.6) is 0 Å². The van der Waals surface area contributed by atoms with Crippen molar-refractivity contribution in [2.75, 3.05) is 0 Å². The predicted octanol–water partition coefficient (Wildman–Crippen LogP) is -0.179. The Hall–Kier alpha value is -3.43. The Bertz CT molecular complexity index is 834. The molecule has 33 heavy (non-hydrogen) atoms. The van der Waals surface area contributed by atoms with Crippen LogP contribution in [0.4, 0.5) is 26.3 Å². The van der Waals surface area contributed by atoms with Crippen molar-refractivity contribution >= 4 is 24.2 Å². The molecule has 0 aromatic carbocycles. The summed E-state index contributed by atoms with van der Waals surface area (Å²) in [6.45, 7) is 0. The summed E-state index contributed by atoms with van der Waals surface area (Å²) in [5.41, 5.74) is 0.258. The fourth-order valence-electron chi connectivity index (χ4n) is 1.40. The predicted molar refractivity (Wildman–Crippen MR) is 97.9 cm³/mol. The Labute approximate surface area is 191 Å². The van der Waals surface area contributed by atoms with E-state index in [9.17, 15) is 36.6 Å². The van der Waals surface area contributed by atoms with Crippen LogP contribution in [-0.2, 0) is 16.5 Å². The van der Waals surface area contributed by atoms with Gasteiger partial charge in [-0.2, -0.15) is 46.7 Å². The summed E-state index contributed by atoms with van der Waals surface area (Å²) in [5.74, 6) is -1.70. The molecule has 0 saturated heterocycles. The smallest absolute Gasteiger partial charge is 0.857 e. The Morgan fingerprint density at radius 3 is 1.18 bits per heavy atom. The average Bonchev–Trinajstić information content (AvgIpc) is 2.68. The molecular formula is C16H14F6N6NiO4. The first-order valence-electron chi connectivity index (χ1n) is 7.50. The van der Waals surface area contributed by atoms with E-state index >= 15 is 0 Å². The van der Waals surface area contributed by atoms with E-state index < -0.39 is 24.1 Å². The molecule has 0 aliphatic heterocycles. The third kappa shape index (κ3) is 16.9. The van der Waals surface area contributed by atoms with Gasteiger partial charge in [0.25, 0.3) is 0 Å². The Morgan fingerprint density at radius 2 is 0.939 bits per heavy atom. The van der Waals surface area contributed by atoms with Crippen LogP contribution in [0.2, 0.25) is 0 Å². The van der Waals surface area contributed by atoms with Gasteiger partial charge in [-0.25, -0.2) is 0 Å². The maximum Gasteiger partial charge on any atom is 2.00 e. The SMILES string of the molecule is O.O.[Ni+2].[O-]/C(=N\N=C\C(F)(F)F)c1ccncc1.[O-]/C(=N\N=C\C(F)(F)F)c1ccncc1. The summed E-state index contributed by atoms with van der Waals surface area (Å²) in [7, 11) is 0. The molecule has 2 heterocycles.